The van der Waals surface area contributed by atoms with E-state index in [0.29, 0.717) is 0 Å². The zero-order valence-corrected chi connectivity index (χ0v) is 19.3. The second-order valence-corrected chi connectivity index (χ2v) is 5.39. The van der Waals surface area contributed by atoms with Crippen LogP contribution in [0.3, 0.4) is 0 Å². The first-order valence-electron chi connectivity index (χ1n) is 9.52. The van der Waals surface area contributed by atoms with Crippen molar-refractivity contribution in [2.24, 2.45) is 0 Å². The number of allylic oxidation sites excluding steroid dienone is 1. The van der Waals surface area contributed by atoms with Crippen LogP contribution in [0, 0.1) is 0 Å². The fourth-order valence-electron chi connectivity index (χ4n) is 2.32. The van der Waals surface area contributed by atoms with E-state index in [1.165, 1.54) is 0 Å². The Balaban J connectivity index is -0.0000000687. The van der Waals surface area contributed by atoms with Gasteiger partial charge < -0.3 is 20.3 Å². The molecule has 158 valence electrons. The fraction of sp³-hybridized carbons (Fsp3) is 0.857. The van der Waals surface area contributed by atoms with Crippen LogP contribution in [-0.4, -0.2) is 42.3 Å². The molecule has 0 rings (SSSR count). The van der Waals surface area contributed by atoms with Gasteiger partial charge >= 0.3 is 0 Å². The summed E-state index contributed by atoms with van der Waals surface area (Å²) in [6, 6.07) is 0. The summed E-state index contributed by atoms with van der Waals surface area (Å²) in [6.45, 7) is 23.7. The molecule has 0 saturated heterocycles. The molecule has 0 spiro atoms. The van der Waals surface area contributed by atoms with Gasteiger partial charge in [-0.15, -0.1) is 6.58 Å². The average molecular weight is 366 g/mol. The molecule has 3 N–H and O–H groups in total. The van der Waals surface area contributed by atoms with E-state index in [1.807, 2.05) is 55.4 Å². The Hall–Kier alpha value is -0.710. The maximum atomic E-state index is 10.2. The van der Waals surface area contributed by atoms with E-state index < -0.39 is 5.60 Å². The summed E-state index contributed by atoms with van der Waals surface area (Å²) >= 11 is 0. The largest absolute Gasteiger partial charge is 0.400 e. The van der Waals surface area contributed by atoms with Gasteiger partial charge in [-0.2, -0.15) is 0 Å². The molecule has 0 bridgehead atoms. The maximum Gasteiger partial charge on any atom is 0.106 e. The van der Waals surface area contributed by atoms with Gasteiger partial charge in [0.15, 0.2) is 0 Å². The van der Waals surface area contributed by atoms with E-state index in [4.69, 9.17) is 9.90 Å². The van der Waals surface area contributed by atoms with Crippen molar-refractivity contribution < 1.29 is 15.0 Å². The second kappa shape index (κ2) is 34.6. The Morgan fingerprint density at radius 1 is 0.960 bits per heavy atom. The Morgan fingerprint density at radius 2 is 1.24 bits per heavy atom. The average Bonchev–Trinajstić information content (AvgIpc) is 2.62. The third-order valence-electron chi connectivity index (χ3n) is 2.96. The number of aliphatic hydroxyl groups is 2. The molecule has 0 saturated carbocycles. The molecule has 0 fully saturated rings. The molecule has 0 radical (unpaired) electrons. The molecule has 0 aromatic rings. The van der Waals surface area contributed by atoms with Crippen molar-refractivity contribution in [2.75, 3.05) is 14.2 Å². The minimum Gasteiger partial charge on any atom is -0.400 e. The summed E-state index contributed by atoms with van der Waals surface area (Å²) in [7, 11) is 2.98. The SMILES string of the molecule is C=CC.C=O.CC.CC.CCCC(C)(C[C@@](C)(O)CCC)NC.CO. The summed E-state index contributed by atoms with van der Waals surface area (Å²) in [6.07, 6.45) is 6.77. The normalized spacial score (nSPS) is 12.7. The van der Waals surface area contributed by atoms with E-state index in [1.54, 1.807) is 6.08 Å². The molecule has 4 heteroatoms. The molecule has 0 amide bonds. The zero-order chi connectivity index (χ0) is 21.9. The number of hydrogen-bond donors (Lipinski definition) is 3. The van der Waals surface area contributed by atoms with E-state index in [9.17, 15) is 5.11 Å². The van der Waals surface area contributed by atoms with E-state index in [0.717, 1.165) is 39.2 Å². The fourth-order valence-corrected chi connectivity index (χ4v) is 2.32. The molecular weight excluding hydrogens is 314 g/mol. The molecule has 0 aromatic carbocycles. The highest BCUT2D eigenvalue weighted by Gasteiger charge is 2.31. The van der Waals surface area contributed by atoms with Gasteiger partial charge in [-0.1, -0.05) is 60.5 Å². The molecule has 4 nitrogen and oxygen atoms in total. The second-order valence-electron chi connectivity index (χ2n) is 5.39. The smallest absolute Gasteiger partial charge is 0.106 e. The Labute approximate surface area is 160 Å². The predicted octanol–water partition coefficient (Wildman–Crippen LogP) is 5.37. The molecule has 0 aliphatic carbocycles. The zero-order valence-electron chi connectivity index (χ0n) is 19.3. The first-order valence-corrected chi connectivity index (χ1v) is 9.52. The Kier molecular flexibility index (Phi) is 54.5. The summed E-state index contributed by atoms with van der Waals surface area (Å²) in [5.41, 5.74) is -0.449. The van der Waals surface area contributed by atoms with Gasteiger partial charge in [0.2, 0.25) is 0 Å². The van der Waals surface area contributed by atoms with Crippen molar-refractivity contribution in [3.05, 3.63) is 12.7 Å². The first kappa shape index (κ1) is 39.4. The van der Waals surface area contributed by atoms with Crippen LogP contribution in [0.15, 0.2) is 12.7 Å². The number of aliphatic hydroxyl groups excluding tert-OH is 1. The van der Waals surface area contributed by atoms with E-state index >= 15 is 0 Å². The third-order valence-corrected chi connectivity index (χ3v) is 2.96. The lowest BCUT2D eigenvalue weighted by atomic mass is 9.81. The Bertz CT molecular complexity index is 209. The highest BCUT2D eigenvalue weighted by molar-refractivity contribution is 5.11. The quantitative estimate of drug-likeness (QED) is 0.530. The maximum absolute atomic E-state index is 10.2. The number of rotatable bonds is 7. The van der Waals surface area contributed by atoms with Crippen LogP contribution < -0.4 is 5.32 Å². The molecule has 0 aromatic heterocycles. The van der Waals surface area contributed by atoms with Gasteiger partial charge in [-0.05, 0) is 47.1 Å². The summed E-state index contributed by atoms with van der Waals surface area (Å²) in [5.74, 6) is 0. The highest BCUT2D eigenvalue weighted by Crippen LogP contribution is 2.27. The number of carbonyl (C=O) groups excluding carboxylic acids is 1. The number of nitrogens with one attached hydrogen (secondary N) is 1. The molecule has 25 heavy (non-hydrogen) atoms. The molecule has 2 atom stereocenters. The lowest BCUT2D eigenvalue weighted by Crippen LogP contribution is -2.46. The van der Waals surface area contributed by atoms with Crippen molar-refractivity contribution in [1.29, 1.82) is 0 Å². The third kappa shape index (κ3) is 39.8. The van der Waals surface area contributed by atoms with Crippen molar-refractivity contribution in [3.8, 4) is 0 Å². The van der Waals surface area contributed by atoms with E-state index in [-0.39, 0.29) is 5.54 Å². The van der Waals surface area contributed by atoms with Crippen LogP contribution >= 0.6 is 0 Å². The molecule has 1 unspecified atom stereocenters. The topological polar surface area (TPSA) is 69.6 Å². The van der Waals surface area contributed by atoms with Crippen molar-refractivity contribution in [1.82, 2.24) is 5.32 Å². The van der Waals surface area contributed by atoms with Crippen molar-refractivity contribution >= 4 is 6.79 Å². The summed E-state index contributed by atoms with van der Waals surface area (Å²) < 4.78 is 0. The van der Waals surface area contributed by atoms with Gasteiger partial charge in [-0.3, -0.25) is 0 Å². The van der Waals surface area contributed by atoms with Crippen LogP contribution in [0.2, 0.25) is 0 Å². The van der Waals surface area contributed by atoms with Crippen molar-refractivity contribution in [2.45, 2.75) is 106 Å². The molecule has 0 aliphatic rings. The van der Waals surface area contributed by atoms with E-state index in [2.05, 4.69) is 32.7 Å². The van der Waals surface area contributed by atoms with Gasteiger partial charge in [-0.25, -0.2) is 0 Å². The van der Waals surface area contributed by atoms with Crippen LogP contribution in [-0.2, 0) is 4.79 Å². The molecule has 0 aliphatic heterocycles. The van der Waals surface area contributed by atoms with Gasteiger partial charge in [0.05, 0.1) is 5.60 Å². The minimum atomic E-state index is -0.526. The van der Waals surface area contributed by atoms with Crippen LogP contribution in [0.1, 0.15) is 94.4 Å². The summed E-state index contributed by atoms with van der Waals surface area (Å²) in [4.78, 5) is 8.00. The Morgan fingerprint density at radius 3 is 1.44 bits per heavy atom. The van der Waals surface area contributed by atoms with Crippen LogP contribution in [0.4, 0.5) is 0 Å². The highest BCUT2D eigenvalue weighted by atomic mass is 16.3. The molecule has 0 heterocycles. The van der Waals surface area contributed by atoms with Gasteiger partial charge in [0.25, 0.3) is 0 Å². The minimum absolute atomic E-state index is 0.0768. The van der Waals surface area contributed by atoms with Crippen LogP contribution in [0.5, 0.6) is 0 Å². The number of hydrogen-bond acceptors (Lipinski definition) is 4. The number of carbonyl (C=O) groups is 1. The first-order chi connectivity index (χ1) is 11.8. The molecular formula is C21H51NO3. The monoisotopic (exact) mass is 365 g/mol. The lowest BCUT2D eigenvalue weighted by Gasteiger charge is -2.36. The van der Waals surface area contributed by atoms with Crippen molar-refractivity contribution in [3.63, 3.8) is 0 Å². The van der Waals surface area contributed by atoms with Gasteiger partial charge in [0, 0.05) is 12.6 Å². The van der Waals surface area contributed by atoms with Gasteiger partial charge in [0.1, 0.15) is 6.79 Å². The summed E-state index contributed by atoms with van der Waals surface area (Å²) in [5, 5.41) is 20.5. The lowest BCUT2D eigenvalue weighted by molar-refractivity contribution is -0.0980. The predicted molar refractivity (Wildman–Crippen MR) is 116 cm³/mol. The standard InChI is InChI=1S/C12H27NO.C3H6.2C2H6.CH4O.CH2O/c1-6-8-11(3,13-5)10-12(4,14)9-7-2;1-3-2;4*1-2/h13-14H,6-10H2,1-5H3;3H,1H2,2H3;2*1-2H3;2H,1H3;1H2/t11?,12-;;;;;/m0...../s1. The van der Waals surface area contributed by atoms with Crippen LogP contribution in [0.25, 0.3) is 0 Å².